The summed E-state index contributed by atoms with van der Waals surface area (Å²) in [6.07, 6.45) is 1.38. The number of amides is 2. The Hall–Kier alpha value is -2.74. The molecule has 2 rings (SSSR count). The van der Waals surface area contributed by atoms with Crippen LogP contribution < -0.4 is 15.5 Å². The number of carbonyl (C=O) groups excluding carboxylic acids is 2. The number of nitrogens with one attached hydrogen (secondary N) is 2. The minimum Gasteiger partial charge on any atom is -0.494 e. The molecule has 6 nitrogen and oxygen atoms in total. The second-order valence-electron chi connectivity index (χ2n) is 4.78. The Morgan fingerprint density at radius 3 is 2.60 bits per heavy atom. The lowest BCUT2D eigenvalue weighted by atomic mass is 10.2. The Kier molecular flexibility index (Phi) is 6.64. The molecule has 0 aliphatic carbocycles. The van der Waals surface area contributed by atoms with Crippen LogP contribution in [0.15, 0.2) is 52.0 Å². The number of hydrazone groups is 1. The fourth-order valence-corrected chi connectivity index (χ4v) is 2.16. The van der Waals surface area contributed by atoms with Crippen molar-refractivity contribution in [3.05, 3.63) is 58.3 Å². The van der Waals surface area contributed by atoms with Crippen molar-refractivity contribution < 1.29 is 18.7 Å². The standard InChI is InChI=1S/C17H15BrFN3O3/c1-2-25-14-7-8-15(18)11(9-14)10-20-22-17(24)16(23)21-13-5-3-12(19)4-6-13/h3-10H,2H2,1H3,(H,21,23)(H,22,24)/b20-10-. The summed E-state index contributed by atoms with van der Waals surface area (Å²) in [5.41, 5.74) is 3.10. The third-order valence-corrected chi connectivity index (χ3v) is 3.68. The monoisotopic (exact) mass is 407 g/mol. The van der Waals surface area contributed by atoms with Crippen LogP contribution in [0.5, 0.6) is 5.75 Å². The van der Waals surface area contributed by atoms with Gasteiger partial charge in [0.1, 0.15) is 11.6 Å². The van der Waals surface area contributed by atoms with Gasteiger partial charge in [0.2, 0.25) is 0 Å². The van der Waals surface area contributed by atoms with Gasteiger partial charge in [-0.15, -0.1) is 0 Å². The van der Waals surface area contributed by atoms with Crippen molar-refractivity contribution in [2.24, 2.45) is 5.10 Å². The molecule has 0 atom stereocenters. The molecule has 0 unspecified atom stereocenters. The van der Waals surface area contributed by atoms with E-state index in [2.05, 4.69) is 31.8 Å². The van der Waals surface area contributed by atoms with Crippen LogP contribution in [0, 0.1) is 5.82 Å². The minimum absolute atomic E-state index is 0.303. The fraction of sp³-hybridized carbons (Fsp3) is 0.118. The highest BCUT2D eigenvalue weighted by Gasteiger charge is 2.12. The molecule has 0 spiro atoms. The van der Waals surface area contributed by atoms with Gasteiger partial charge in [0.05, 0.1) is 12.8 Å². The summed E-state index contributed by atoms with van der Waals surface area (Å²) in [5, 5.41) is 6.08. The van der Waals surface area contributed by atoms with Crippen molar-refractivity contribution in [1.82, 2.24) is 5.43 Å². The maximum absolute atomic E-state index is 12.8. The average molecular weight is 408 g/mol. The molecule has 0 heterocycles. The molecule has 0 radical (unpaired) electrons. The number of rotatable bonds is 5. The van der Waals surface area contributed by atoms with Gasteiger partial charge in [-0.2, -0.15) is 5.10 Å². The van der Waals surface area contributed by atoms with E-state index in [9.17, 15) is 14.0 Å². The predicted molar refractivity (Wildman–Crippen MR) is 96.1 cm³/mol. The smallest absolute Gasteiger partial charge is 0.329 e. The van der Waals surface area contributed by atoms with Crippen LogP contribution in [0.3, 0.4) is 0 Å². The van der Waals surface area contributed by atoms with Crippen LogP contribution in [-0.4, -0.2) is 24.6 Å². The maximum atomic E-state index is 12.8. The Bertz CT molecular complexity index is 794. The summed E-state index contributed by atoms with van der Waals surface area (Å²) in [6.45, 7) is 2.40. The van der Waals surface area contributed by atoms with Crippen molar-refractivity contribution in [3.63, 3.8) is 0 Å². The Morgan fingerprint density at radius 2 is 1.92 bits per heavy atom. The summed E-state index contributed by atoms with van der Waals surface area (Å²) >= 11 is 3.36. The van der Waals surface area contributed by atoms with Gasteiger partial charge in [-0.05, 0) is 49.4 Å². The summed E-state index contributed by atoms with van der Waals surface area (Å²) in [5.74, 6) is -1.64. The predicted octanol–water partition coefficient (Wildman–Crippen LogP) is 3.08. The number of hydrogen-bond donors (Lipinski definition) is 2. The normalized spacial score (nSPS) is 10.5. The number of halogens is 2. The molecule has 2 amide bonds. The van der Waals surface area contributed by atoms with Crippen molar-refractivity contribution in [2.75, 3.05) is 11.9 Å². The van der Waals surface area contributed by atoms with Gasteiger partial charge >= 0.3 is 11.8 Å². The zero-order chi connectivity index (χ0) is 18.2. The van der Waals surface area contributed by atoms with Gasteiger partial charge in [-0.3, -0.25) is 9.59 Å². The van der Waals surface area contributed by atoms with E-state index in [4.69, 9.17) is 4.74 Å². The maximum Gasteiger partial charge on any atom is 0.329 e. The molecule has 2 N–H and O–H groups in total. The SMILES string of the molecule is CCOc1ccc(Br)c(/C=N\NC(=O)C(=O)Nc2ccc(F)cc2)c1. The quantitative estimate of drug-likeness (QED) is 0.454. The molecule has 2 aromatic carbocycles. The Balaban J connectivity index is 1.94. The van der Waals surface area contributed by atoms with Gasteiger partial charge in [-0.1, -0.05) is 15.9 Å². The van der Waals surface area contributed by atoms with Crippen molar-refractivity contribution >= 4 is 39.6 Å². The highest BCUT2D eigenvalue weighted by Crippen LogP contribution is 2.21. The number of carbonyl (C=O) groups is 2. The number of anilines is 1. The summed E-state index contributed by atoms with van der Waals surface area (Å²) in [7, 11) is 0. The molecule has 0 saturated heterocycles. The largest absolute Gasteiger partial charge is 0.494 e. The molecular formula is C17H15BrFN3O3. The zero-order valence-corrected chi connectivity index (χ0v) is 14.8. The highest BCUT2D eigenvalue weighted by molar-refractivity contribution is 9.10. The Morgan fingerprint density at radius 1 is 1.20 bits per heavy atom. The van der Waals surface area contributed by atoms with Crippen LogP contribution in [0.4, 0.5) is 10.1 Å². The molecule has 0 aromatic heterocycles. The average Bonchev–Trinajstić information content (AvgIpc) is 2.59. The van der Waals surface area contributed by atoms with Gasteiger partial charge < -0.3 is 10.1 Å². The first-order valence-corrected chi connectivity index (χ1v) is 8.11. The molecule has 130 valence electrons. The molecule has 0 aliphatic heterocycles. The van der Waals surface area contributed by atoms with E-state index < -0.39 is 17.6 Å². The molecular weight excluding hydrogens is 393 g/mol. The lowest BCUT2D eigenvalue weighted by molar-refractivity contribution is -0.136. The van der Waals surface area contributed by atoms with Crippen molar-refractivity contribution in [2.45, 2.75) is 6.92 Å². The second kappa shape index (κ2) is 8.93. The molecule has 0 saturated carbocycles. The molecule has 8 heteroatoms. The van der Waals surface area contributed by atoms with Crippen LogP contribution in [0.1, 0.15) is 12.5 Å². The van der Waals surface area contributed by atoms with Crippen molar-refractivity contribution in [3.8, 4) is 5.75 Å². The number of nitrogens with zero attached hydrogens (tertiary/aromatic N) is 1. The molecule has 0 aliphatic rings. The van der Waals surface area contributed by atoms with E-state index in [0.29, 0.717) is 23.6 Å². The van der Waals surface area contributed by atoms with Gasteiger partial charge in [0.25, 0.3) is 0 Å². The molecule has 0 bridgehead atoms. The van der Waals surface area contributed by atoms with Crippen LogP contribution in [-0.2, 0) is 9.59 Å². The third kappa shape index (κ3) is 5.68. The van der Waals surface area contributed by atoms with E-state index in [-0.39, 0.29) is 0 Å². The second-order valence-corrected chi connectivity index (χ2v) is 5.63. The number of ether oxygens (including phenoxy) is 1. The highest BCUT2D eigenvalue weighted by atomic mass is 79.9. The van der Waals surface area contributed by atoms with E-state index in [1.54, 1.807) is 18.2 Å². The van der Waals surface area contributed by atoms with Crippen LogP contribution in [0.25, 0.3) is 0 Å². The fourth-order valence-electron chi connectivity index (χ4n) is 1.81. The first-order chi connectivity index (χ1) is 12.0. The van der Waals surface area contributed by atoms with Gasteiger partial charge in [-0.25, -0.2) is 9.82 Å². The zero-order valence-electron chi connectivity index (χ0n) is 13.3. The van der Waals surface area contributed by atoms with Crippen molar-refractivity contribution in [1.29, 1.82) is 0 Å². The third-order valence-electron chi connectivity index (χ3n) is 2.96. The van der Waals surface area contributed by atoms with Crippen LogP contribution >= 0.6 is 15.9 Å². The van der Waals surface area contributed by atoms with Gasteiger partial charge in [0.15, 0.2) is 0 Å². The van der Waals surface area contributed by atoms with Crippen LogP contribution in [0.2, 0.25) is 0 Å². The van der Waals surface area contributed by atoms with E-state index in [1.807, 2.05) is 6.92 Å². The van der Waals surface area contributed by atoms with E-state index >= 15 is 0 Å². The first-order valence-electron chi connectivity index (χ1n) is 7.32. The topological polar surface area (TPSA) is 79.8 Å². The Labute approximate surface area is 152 Å². The summed E-state index contributed by atoms with van der Waals surface area (Å²) < 4.78 is 18.9. The number of hydrogen-bond acceptors (Lipinski definition) is 4. The molecule has 25 heavy (non-hydrogen) atoms. The van der Waals surface area contributed by atoms with E-state index in [0.717, 1.165) is 4.47 Å². The minimum atomic E-state index is -0.947. The lowest BCUT2D eigenvalue weighted by Crippen LogP contribution is -2.32. The van der Waals surface area contributed by atoms with E-state index in [1.165, 1.54) is 30.5 Å². The molecule has 2 aromatic rings. The summed E-state index contributed by atoms with van der Waals surface area (Å²) in [6, 6.07) is 10.4. The number of benzene rings is 2. The first kappa shape index (κ1) is 18.6. The molecule has 0 fully saturated rings. The lowest BCUT2D eigenvalue weighted by Gasteiger charge is -2.05. The van der Waals surface area contributed by atoms with Gasteiger partial charge in [0, 0.05) is 15.7 Å². The summed E-state index contributed by atoms with van der Waals surface area (Å²) in [4.78, 5) is 23.4.